The fourth-order valence-electron chi connectivity index (χ4n) is 1.74. The van der Waals surface area contributed by atoms with Crippen LogP contribution in [0.3, 0.4) is 0 Å². The highest BCUT2D eigenvalue weighted by Crippen LogP contribution is 2.20. The van der Waals surface area contributed by atoms with Crippen molar-refractivity contribution in [2.45, 2.75) is 26.3 Å². The second-order valence-corrected chi connectivity index (χ2v) is 5.77. The standard InChI is InChI=1S/C14H19BrN2O3/c1-8(2)6-12(14(19)20-3)17-13(18)9-4-5-11(16)10(15)7-9/h4-5,7-8,12H,6,16H2,1-3H3,(H,17,18). The lowest BCUT2D eigenvalue weighted by atomic mass is 10.0. The van der Waals surface area contributed by atoms with Gasteiger partial charge in [-0.15, -0.1) is 0 Å². The van der Waals surface area contributed by atoms with Gasteiger partial charge in [0, 0.05) is 15.7 Å². The van der Waals surface area contributed by atoms with Crippen molar-refractivity contribution in [3.8, 4) is 0 Å². The van der Waals surface area contributed by atoms with Crippen LogP contribution in [0.1, 0.15) is 30.6 Å². The lowest BCUT2D eigenvalue weighted by Crippen LogP contribution is -2.42. The van der Waals surface area contributed by atoms with Crippen molar-refractivity contribution in [3.63, 3.8) is 0 Å². The van der Waals surface area contributed by atoms with E-state index in [2.05, 4.69) is 21.2 Å². The Morgan fingerprint density at radius 1 is 1.40 bits per heavy atom. The van der Waals surface area contributed by atoms with Gasteiger partial charge in [-0.3, -0.25) is 4.79 Å². The van der Waals surface area contributed by atoms with Gasteiger partial charge in [-0.1, -0.05) is 13.8 Å². The molecule has 1 aromatic rings. The van der Waals surface area contributed by atoms with Gasteiger partial charge in [0.25, 0.3) is 5.91 Å². The van der Waals surface area contributed by atoms with E-state index in [0.29, 0.717) is 22.1 Å². The van der Waals surface area contributed by atoms with Crippen LogP contribution in [0.25, 0.3) is 0 Å². The van der Waals surface area contributed by atoms with Crippen molar-refractivity contribution < 1.29 is 14.3 Å². The van der Waals surface area contributed by atoms with Crippen molar-refractivity contribution in [3.05, 3.63) is 28.2 Å². The highest BCUT2D eigenvalue weighted by molar-refractivity contribution is 9.10. The van der Waals surface area contributed by atoms with Gasteiger partial charge in [-0.05, 0) is 46.5 Å². The summed E-state index contributed by atoms with van der Waals surface area (Å²) in [6, 6.07) is 4.21. The average Bonchev–Trinajstić information content (AvgIpc) is 2.39. The molecular weight excluding hydrogens is 324 g/mol. The number of methoxy groups -OCH3 is 1. The molecule has 1 rings (SSSR count). The highest BCUT2D eigenvalue weighted by atomic mass is 79.9. The maximum atomic E-state index is 12.1. The van der Waals surface area contributed by atoms with E-state index in [4.69, 9.17) is 10.5 Å². The molecule has 5 nitrogen and oxygen atoms in total. The minimum Gasteiger partial charge on any atom is -0.467 e. The van der Waals surface area contributed by atoms with Crippen molar-refractivity contribution in [1.82, 2.24) is 5.32 Å². The zero-order valence-corrected chi connectivity index (χ0v) is 13.4. The Morgan fingerprint density at radius 3 is 2.55 bits per heavy atom. The number of ether oxygens (including phenoxy) is 1. The van der Waals surface area contributed by atoms with Crippen molar-refractivity contribution >= 4 is 33.5 Å². The molecule has 0 aliphatic heterocycles. The SMILES string of the molecule is COC(=O)C(CC(C)C)NC(=O)c1ccc(N)c(Br)c1. The maximum Gasteiger partial charge on any atom is 0.328 e. The summed E-state index contributed by atoms with van der Waals surface area (Å²) < 4.78 is 5.35. The fraction of sp³-hybridized carbons (Fsp3) is 0.429. The molecule has 0 bridgehead atoms. The number of carbonyl (C=O) groups is 2. The number of rotatable bonds is 5. The van der Waals surface area contributed by atoms with Crippen molar-refractivity contribution in [2.24, 2.45) is 5.92 Å². The molecule has 0 heterocycles. The van der Waals surface area contributed by atoms with E-state index < -0.39 is 12.0 Å². The Morgan fingerprint density at radius 2 is 2.05 bits per heavy atom. The summed E-state index contributed by atoms with van der Waals surface area (Å²) >= 11 is 3.27. The molecule has 110 valence electrons. The maximum absolute atomic E-state index is 12.1. The molecule has 0 saturated carbocycles. The number of nitrogens with two attached hydrogens (primary N) is 1. The smallest absolute Gasteiger partial charge is 0.328 e. The molecule has 1 unspecified atom stereocenters. The molecular formula is C14H19BrN2O3. The second kappa shape index (κ2) is 7.28. The van der Waals surface area contributed by atoms with Crippen LogP contribution in [0, 0.1) is 5.92 Å². The summed E-state index contributed by atoms with van der Waals surface area (Å²) in [4.78, 5) is 23.8. The number of amides is 1. The first-order chi connectivity index (χ1) is 9.35. The Labute approximate surface area is 127 Å². The molecule has 0 spiro atoms. The normalized spacial score (nSPS) is 12.1. The van der Waals surface area contributed by atoms with Gasteiger partial charge in [0.1, 0.15) is 6.04 Å². The third-order valence-electron chi connectivity index (χ3n) is 2.76. The van der Waals surface area contributed by atoms with E-state index in [9.17, 15) is 9.59 Å². The van der Waals surface area contributed by atoms with Crippen molar-refractivity contribution in [1.29, 1.82) is 0 Å². The quantitative estimate of drug-likeness (QED) is 0.635. The summed E-state index contributed by atoms with van der Waals surface area (Å²) in [5, 5.41) is 2.69. The topological polar surface area (TPSA) is 81.4 Å². The van der Waals surface area contributed by atoms with E-state index in [1.165, 1.54) is 7.11 Å². The first-order valence-corrected chi connectivity index (χ1v) is 7.08. The molecule has 0 fully saturated rings. The molecule has 0 radical (unpaired) electrons. The van der Waals surface area contributed by atoms with Crippen LogP contribution >= 0.6 is 15.9 Å². The van der Waals surface area contributed by atoms with Gasteiger partial charge in [-0.2, -0.15) is 0 Å². The molecule has 3 N–H and O–H groups in total. The van der Waals surface area contributed by atoms with E-state index in [-0.39, 0.29) is 11.8 Å². The Hall–Kier alpha value is -1.56. The van der Waals surface area contributed by atoms with Gasteiger partial charge in [-0.25, -0.2) is 4.79 Å². The number of anilines is 1. The van der Waals surface area contributed by atoms with Crippen molar-refractivity contribution in [2.75, 3.05) is 12.8 Å². The number of hydrogen-bond acceptors (Lipinski definition) is 4. The van der Waals surface area contributed by atoms with E-state index >= 15 is 0 Å². The number of nitrogen functional groups attached to an aromatic ring is 1. The molecule has 0 aliphatic carbocycles. The predicted octanol–water partition coefficient (Wildman–Crippen LogP) is 2.35. The van der Waals surface area contributed by atoms with Crippen LogP contribution in [0.15, 0.2) is 22.7 Å². The van der Waals surface area contributed by atoms with Crippen LogP contribution in [0.2, 0.25) is 0 Å². The number of hydrogen-bond donors (Lipinski definition) is 2. The van der Waals surface area contributed by atoms with Gasteiger partial charge >= 0.3 is 5.97 Å². The molecule has 1 aromatic carbocycles. The Bertz CT molecular complexity index is 503. The Balaban J connectivity index is 2.84. The van der Waals surface area contributed by atoms with E-state index in [0.717, 1.165) is 0 Å². The number of halogens is 1. The lowest BCUT2D eigenvalue weighted by Gasteiger charge is -2.18. The van der Waals surface area contributed by atoms with Crippen LogP contribution in [0.4, 0.5) is 5.69 Å². The number of nitrogens with one attached hydrogen (secondary N) is 1. The number of esters is 1. The lowest BCUT2D eigenvalue weighted by molar-refractivity contribution is -0.143. The van der Waals surface area contributed by atoms with Crippen LogP contribution in [-0.4, -0.2) is 25.0 Å². The highest BCUT2D eigenvalue weighted by Gasteiger charge is 2.23. The van der Waals surface area contributed by atoms with Gasteiger partial charge < -0.3 is 15.8 Å². The first-order valence-electron chi connectivity index (χ1n) is 6.28. The molecule has 0 saturated heterocycles. The molecule has 1 amide bonds. The van der Waals surface area contributed by atoms with Crippen LogP contribution < -0.4 is 11.1 Å². The Kier molecular flexibility index (Phi) is 6.01. The molecule has 1 atom stereocenters. The summed E-state index contributed by atoms with van der Waals surface area (Å²) in [5.74, 6) is -0.513. The van der Waals surface area contributed by atoms with Gasteiger partial charge in [0.2, 0.25) is 0 Å². The third kappa shape index (κ3) is 4.52. The molecule has 6 heteroatoms. The summed E-state index contributed by atoms with van der Waals surface area (Å²) in [6.45, 7) is 3.95. The van der Waals surface area contributed by atoms with Crippen LogP contribution in [-0.2, 0) is 9.53 Å². The molecule has 20 heavy (non-hydrogen) atoms. The fourth-order valence-corrected chi connectivity index (χ4v) is 2.12. The summed E-state index contributed by atoms with van der Waals surface area (Å²) in [7, 11) is 1.31. The minimum absolute atomic E-state index is 0.262. The number of carbonyl (C=O) groups excluding carboxylic acids is 2. The van der Waals surface area contributed by atoms with Gasteiger partial charge in [0.15, 0.2) is 0 Å². The monoisotopic (exact) mass is 342 g/mol. The zero-order valence-electron chi connectivity index (χ0n) is 11.8. The summed E-state index contributed by atoms with van der Waals surface area (Å²) in [5.41, 5.74) is 6.66. The third-order valence-corrected chi connectivity index (χ3v) is 3.45. The summed E-state index contributed by atoms with van der Waals surface area (Å²) in [6.07, 6.45) is 0.522. The largest absolute Gasteiger partial charge is 0.467 e. The zero-order chi connectivity index (χ0) is 15.3. The number of benzene rings is 1. The average molecular weight is 343 g/mol. The van der Waals surface area contributed by atoms with E-state index in [1.807, 2.05) is 13.8 Å². The second-order valence-electron chi connectivity index (χ2n) is 4.92. The molecule has 0 aromatic heterocycles. The minimum atomic E-state index is -0.649. The van der Waals surface area contributed by atoms with Gasteiger partial charge in [0.05, 0.1) is 7.11 Å². The first kappa shape index (κ1) is 16.5. The van der Waals surface area contributed by atoms with Crippen LogP contribution in [0.5, 0.6) is 0 Å². The molecule has 0 aliphatic rings. The van der Waals surface area contributed by atoms with E-state index in [1.54, 1.807) is 18.2 Å². The predicted molar refractivity (Wildman–Crippen MR) is 81.3 cm³/mol.